The van der Waals surface area contributed by atoms with Gasteiger partial charge in [-0.1, -0.05) is 18.2 Å². The van der Waals surface area contributed by atoms with E-state index in [1.807, 2.05) is 52.7 Å². The van der Waals surface area contributed by atoms with Crippen molar-refractivity contribution >= 4 is 40.2 Å². The van der Waals surface area contributed by atoms with Gasteiger partial charge in [0, 0.05) is 58.1 Å². The molecule has 0 unspecified atom stereocenters. The Hall–Kier alpha value is -4.35. The van der Waals surface area contributed by atoms with Crippen LogP contribution in [0.4, 0.5) is 36.3 Å². The Bertz CT molecular complexity index is 1480. The standard InChI is InChI=1S/C27H29F3N8O/c1-36(2)21-9-4-8-20(15-21)33-26-34-24(31-16-18-6-3-7-19(14-18)27(28,29)30)23-25(35-26)38(17-32-23)13-12-37-11-5-10-22(37)39/h3-4,6-9,14-15,17H,5,10-13,16H2,1-2H3,(H2,31,33,34,35). The first kappa shape index (κ1) is 26.3. The Morgan fingerprint density at radius 3 is 2.62 bits per heavy atom. The molecule has 4 aromatic rings. The van der Waals surface area contributed by atoms with Crippen molar-refractivity contribution in [2.24, 2.45) is 0 Å². The summed E-state index contributed by atoms with van der Waals surface area (Å²) < 4.78 is 41.5. The SMILES string of the molecule is CN(C)c1cccc(Nc2nc(NCc3cccc(C(F)(F)F)c3)c3ncn(CCN4CCCC4=O)c3n2)c1. The summed E-state index contributed by atoms with van der Waals surface area (Å²) in [5.41, 5.74) is 2.55. The van der Waals surface area contributed by atoms with E-state index < -0.39 is 11.7 Å². The molecule has 2 aromatic carbocycles. The zero-order chi connectivity index (χ0) is 27.6. The van der Waals surface area contributed by atoms with Gasteiger partial charge in [-0.15, -0.1) is 0 Å². The maximum atomic E-state index is 13.2. The van der Waals surface area contributed by atoms with Crippen LogP contribution in [0.15, 0.2) is 54.9 Å². The maximum absolute atomic E-state index is 13.2. The zero-order valence-electron chi connectivity index (χ0n) is 21.7. The highest BCUT2D eigenvalue weighted by molar-refractivity contribution is 5.85. The van der Waals surface area contributed by atoms with Crippen molar-refractivity contribution in [2.75, 3.05) is 42.7 Å². The lowest BCUT2D eigenvalue weighted by molar-refractivity contribution is -0.137. The third-order valence-corrected chi connectivity index (χ3v) is 6.58. The van der Waals surface area contributed by atoms with Gasteiger partial charge in [-0.05, 0) is 42.3 Å². The van der Waals surface area contributed by atoms with Crippen LogP contribution in [0, 0.1) is 0 Å². The van der Waals surface area contributed by atoms with E-state index in [-0.39, 0.29) is 12.5 Å². The molecule has 9 nitrogen and oxygen atoms in total. The first-order chi connectivity index (χ1) is 18.7. The third-order valence-electron chi connectivity index (χ3n) is 6.58. The Morgan fingerprint density at radius 2 is 1.87 bits per heavy atom. The van der Waals surface area contributed by atoms with Gasteiger partial charge in [-0.2, -0.15) is 23.1 Å². The minimum atomic E-state index is -4.42. The molecule has 5 rings (SSSR count). The fourth-order valence-corrected chi connectivity index (χ4v) is 4.49. The first-order valence-corrected chi connectivity index (χ1v) is 12.6. The molecule has 0 saturated carbocycles. The Labute approximate surface area is 223 Å². The smallest absolute Gasteiger partial charge is 0.378 e. The quantitative estimate of drug-likeness (QED) is 0.314. The molecule has 2 N–H and O–H groups in total. The second kappa shape index (κ2) is 10.8. The van der Waals surface area contributed by atoms with Crippen molar-refractivity contribution in [2.45, 2.75) is 32.1 Å². The topological polar surface area (TPSA) is 91.2 Å². The second-order valence-corrected chi connectivity index (χ2v) is 9.61. The number of rotatable bonds is 9. The van der Waals surface area contributed by atoms with Crippen LogP contribution in [0.25, 0.3) is 11.2 Å². The molecular formula is C27H29F3N8O. The molecule has 39 heavy (non-hydrogen) atoms. The molecule has 1 saturated heterocycles. The molecular weight excluding hydrogens is 509 g/mol. The van der Waals surface area contributed by atoms with E-state index in [2.05, 4.69) is 20.6 Å². The van der Waals surface area contributed by atoms with E-state index in [1.54, 1.807) is 12.4 Å². The average molecular weight is 539 g/mol. The molecule has 0 radical (unpaired) electrons. The van der Waals surface area contributed by atoms with Crippen LogP contribution in [-0.4, -0.2) is 57.5 Å². The number of nitrogens with zero attached hydrogens (tertiary/aromatic N) is 6. The van der Waals surface area contributed by atoms with Crippen molar-refractivity contribution in [1.82, 2.24) is 24.4 Å². The number of carbonyl (C=O) groups excluding carboxylic acids is 1. The molecule has 0 bridgehead atoms. The first-order valence-electron chi connectivity index (χ1n) is 12.6. The van der Waals surface area contributed by atoms with Crippen LogP contribution < -0.4 is 15.5 Å². The van der Waals surface area contributed by atoms with Gasteiger partial charge in [-0.25, -0.2) is 4.98 Å². The van der Waals surface area contributed by atoms with Crippen molar-refractivity contribution in [3.63, 3.8) is 0 Å². The predicted octanol–water partition coefficient (Wildman–Crippen LogP) is 4.89. The molecule has 1 aliphatic rings. The number of benzene rings is 2. The molecule has 1 amide bonds. The van der Waals surface area contributed by atoms with Gasteiger partial charge < -0.3 is 25.0 Å². The highest BCUT2D eigenvalue weighted by atomic mass is 19.4. The monoisotopic (exact) mass is 538 g/mol. The number of nitrogens with one attached hydrogen (secondary N) is 2. The van der Waals surface area contributed by atoms with Gasteiger partial charge in [0.15, 0.2) is 17.0 Å². The van der Waals surface area contributed by atoms with E-state index in [9.17, 15) is 18.0 Å². The summed E-state index contributed by atoms with van der Waals surface area (Å²) in [6.07, 6.45) is -1.36. The molecule has 0 spiro atoms. The highest BCUT2D eigenvalue weighted by Gasteiger charge is 2.30. The lowest BCUT2D eigenvalue weighted by Crippen LogP contribution is -2.28. The van der Waals surface area contributed by atoms with E-state index in [0.29, 0.717) is 48.0 Å². The largest absolute Gasteiger partial charge is 0.416 e. The summed E-state index contributed by atoms with van der Waals surface area (Å²) >= 11 is 0. The van der Waals surface area contributed by atoms with Crippen LogP contribution in [0.2, 0.25) is 0 Å². The van der Waals surface area contributed by atoms with Gasteiger partial charge in [0.05, 0.1) is 11.9 Å². The number of hydrogen-bond donors (Lipinski definition) is 2. The molecule has 0 atom stereocenters. The summed E-state index contributed by atoms with van der Waals surface area (Å²) in [6, 6.07) is 12.9. The maximum Gasteiger partial charge on any atom is 0.416 e. The van der Waals surface area contributed by atoms with Gasteiger partial charge in [0.1, 0.15) is 0 Å². The number of imidazole rings is 1. The van der Waals surface area contributed by atoms with Crippen LogP contribution >= 0.6 is 0 Å². The van der Waals surface area contributed by atoms with Crippen LogP contribution in [0.1, 0.15) is 24.0 Å². The number of fused-ring (bicyclic) bond motifs is 1. The number of halogens is 3. The van der Waals surface area contributed by atoms with Gasteiger partial charge in [0.2, 0.25) is 11.9 Å². The van der Waals surface area contributed by atoms with Crippen molar-refractivity contribution < 1.29 is 18.0 Å². The Kier molecular flexibility index (Phi) is 7.27. The van der Waals surface area contributed by atoms with Crippen LogP contribution in [-0.2, 0) is 24.1 Å². The molecule has 1 aliphatic heterocycles. The highest BCUT2D eigenvalue weighted by Crippen LogP contribution is 2.30. The number of aromatic nitrogens is 4. The summed E-state index contributed by atoms with van der Waals surface area (Å²) in [5.74, 6) is 0.837. The van der Waals surface area contributed by atoms with E-state index >= 15 is 0 Å². The summed E-state index contributed by atoms with van der Waals surface area (Å²) in [4.78, 5) is 29.7. The number of carbonyl (C=O) groups is 1. The van der Waals surface area contributed by atoms with Crippen LogP contribution in [0.3, 0.4) is 0 Å². The van der Waals surface area contributed by atoms with Gasteiger partial charge >= 0.3 is 6.18 Å². The predicted molar refractivity (Wildman–Crippen MR) is 144 cm³/mol. The summed E-state index contributed by atoms with van der Waals surface area (Å²) in [7, 11) is 3.89. The number of amides is 1. The molecule has 1 fully saturated rings. The number of likely N-dealkylation sites (tertiary alicyclic amines) is 1. The molecule has 2 aromatic heterocycles. The van der Waals surface area contributed by atoms with Crippen molar-refractivity contribution in [1.29, 1.82) is 0 Å². The van der Waals surface area contributed by atoms with E-state index in [0.717, 1.165) is 36.5 Å². The average Bonchev–Trinajstić information content (AvgIpc) is 3.51. The molecule has 3 heterocycles. The zero-order valence-corrected chi connectivity index (χ0v) is 21.7. The lowest BCUT2D eigenvalue weighted by atomic mass is 10.1. The normalized spacial score (nSPS) is 13.8. The fourth-order valence-electron chi connectivity index (χ4n) is 4.49. The lowest BCUT2D eigenvalue weighted by Gasteiger charge is -2.16. The third kappa shape index (κ3) is 6.05. The minimum Gasteiger partial charge on any atom is -0.378 e. The van der Waals surface area contributed by atoms with Crippen LogP contribution in [0.5, 0.6) is 0 Å². The fraction of sp³-hybridized carbons (Fsp3) is 0.333. The Balaban J connectivity index is 1.45. The van der Waals surface area contributed by atoms with E-state index in [4.69, 9.17) is 4.98 Å². The minimum absolute atomic E-state index is 0.112. The van der Waals surface area contributed by atoms with Gasteiger partial charge in [-0.3, -0.25) is 4.79 Å². The van der Waals surface area contributed by atoms with E-state index in [1.165, 1.54) is 6.07 Å². The second-order valence-electron chi connectivity index (χ2n) is 9.61. The number of anilines is 4. The Morgan fingerprint density at radius 1 is 1.05 bits per heavy atom. The van der Waals surface area contributed by atoms with Crippen molar-refractivity contribution in [3.05, 3.63) is 66.0 Å². The van der Waals surface area contributed by atoms with Gasteiger partial charge in [0.25, 0.3) is 0 Å². The summed E-state index contributed by atoms with van der Waals surface area (Å²) in [5, 5.41) is 6.39. The molecule has 0 aliphatic carbocycles. The molecule has 12 heteroatoms. The van der Waals surface area contributed by atoms with Crippen molar-refractivity contribution in [3.8, 4) is 0 Å². The number of hydrogen-bond acceptors (Lipinski definition) is 7. The summed E-state index contributed by atoms with van der Waals surface area (Å²) in [6.45, 7) is 1.89. The molecule has 204 valence electrons. The number of alkyl halides is 3.